The van der Waals surface area contributed by atoms with E-state index in [0.29, 0.717) is 0 Å². The fourth-order valence-corrected chi connectivity index (χ4v) is 3.32. The van der Waals surface area contributed by atoms with Crippen LogP contribution in [0.15, 0.2) is 54.6 Å². The van der Waals surface area contributed by atoms with Crippen LogP contribution in [-0.2, 0) is 5.41 Å². The van der Waals surface area contributed by atoms with Crippen LogP contribution in [0.3, 0.4) is 0 Å². The predicted octanol–water partition coefficient (Wildman–Crippen LogP) is 4.46. The Morgan fingerprint density at radius 3 is 2.32 bits per heavy atom. The first-order chi connectivity index (χ1) is 9.22. The number of hydrogen-bond donors (Lipinski definition) is 1. The molecule has 0 heterocycles. The van der Waals surface area contributed by atoms with Gasteiger partial charge in [0.2, 0.25) is 0 Å². The monoisotopic (exact) mass is 271 g/mol. The lowest BCUT2D eigenvalue weighted by Gasteiger charge is -2.47. The minimum atomic E-state index is 0.0161. The molecule has 3 rings (SSSR count). The summed E-state index contributed by atoms with van der Waals surface area (Å²) in [7, 11) is 0. The molecular formula is C17H18ClN. The van der Waals surface area contributed by atoms with Gasteiger partial charge in [0.05, 0.1) is 0 Å². The quantitative estimate of drug-likeness (QED) is 0.876. The van der Waals surface area contributed by atoms with Crippen molar-refractivity contribution in [1.82, 2.24) is 0 Å². The summed E-state index contributed by atoms with van der Waals surface area (Å²) in [5.41, 5.74) is 9.16. The Labute approximate surface area is 119 Å². The molecule has 98 valence electrons. The molecule has 2 heteroatoms. The molecule has 0 radical (unpaired) electrons. The van der Waals surface area contributed by atoms with E-state index in [9.17, 15) is 0 Å². The van der Waals surface area contributed by atoms with E-state index in [2.05, 4.69) is 36.4 Å². The van der Waals surface area contributed by atoms with E-state index < -0.39 is 0 Å². The van der Waals surface area contributed by atoms with Gasteiger partial charge in [-0.25, -0.2) is 0 Å². The first-order valence-electron chi connectivity index (χ1n) is 6.79. The maximum absolute atomic E-state index is 6.58. The zero-order chi connectivity index (χ0) is 13.3. The first kappa shape index (κ1) is 12.7. The lowest BCUT2D eigenvalue weighted by Crippen LogP contribution is -2.44. The molecule has 2 aromatic rings. The van der Waals surface area contributed by atoms with Crippen molar-refractivity contribution in [3.8, 4) is 0 Å². The summed E-state index contributed by atoms with van der Waals surface area (Å²) in [6.45, 7) is 0. The highest BCUT2D eigenvalue weighted by atomic mass is 35.5. The Kier molecular flexibility index (Phi) is 3.34. The Bertz CT molecular complexity index is 560. The van der Waals surface area contributed by atoms with E-state index in [1.807, 2.05) is 18.2 Å². The summed E-state index contributed by atoms with van der Waals surface area (Å²) in [5, 5.41) is 0.760. The van der Waals surface area contributed by atoms with Crippen LogP contribution in [0, 0.1) is 0 Å². The van der Waals surface area contributed by atoms with Crippen LogP contribution >= 0.6 is 11.6 Å². The topological polar surface area (TPSA) is 26.0 Å². The number of halogens is 1. The number of benzene rings is 2. The number of rotatable bonds is 3. The molecular weight excluding hydrogens is 254 g/mol. The molecule has 2 N–H and O–H groups in total. The molecule has 19 heavy (non-hydrogen) atoms. The highest BCUT2D eigenvalue weighted by Crippen LogP contribution is 2.51. The van der Waals surface area contributed by atoms with E-state index >= 15 is 0 Å². The average Bonchev–Trinajstić information content (AvgIpc) is 2.38. The molecule has 0 aliphatic heterocycles. The fourth-order valence-electron chi connectivity index (χ4n) is 3.13. The molecule has 0 bridgehead atoms. The second-order valence-electron chi connectivity index (χ2n) is 5.41. The average molecular weight is 272 g/mol. The summed E-state index contributed by atoms with van der Waals surface area (Å²) >= 11 is 6.09. The minimum absolute atomic E-state index is 0.0161. The van der Waals surface area contributed by atoms with Crippen molar-refractivity contribution < 1.29 is 0 Å². The van der Waals surface area contributed by atoms with Gasteiger partial charge in [-0.05, 0) is 36.1 Å². The zero-order valence-electron chi connectivity index (χ0n) is 10.9. The van der Waals surface area contributed by atoms with Crippen LogP contribution in [-0.4, -0.2) is 0 Å². The van der Waals surface area contributed by atoms with Crippen LogP contribution in [0.1, 0.15) is 36.4 Å². The van der Waals surface area contributed by atoms with Crippen molar-refractivity contribution in [2.45, 2.75) is 30.7 Å². The zero-order valence-corrected chi connectivity index (χ0v) is 11.6. The third kappa shape index (κ3) is 2.18. The summed E-state index contributed by atoms with van der Waals surface area (Å²) in [6, 6.07) is 18.6. The van der Waals surface area contributed by atoms with Crippen molar-refractivity contribution in [1.29, 1.82) is 0 Å². The molecule has 1 unspecified atom stereocenters. The van der Waals surface area contributed by atoms with E-state index in [1.165, 1.54) is 12.0 Å². The van der Waals surface area contributed by atoms with Crippen LogP contribution in [0.4, 0.5) is 0 Å². The van der Waals surface area contributed by atoms with E-state index in [1.54, 1.807) is 0 Å². The van der Waals surface area contributed by atoms with Crippen LogP contribution in [0.5, 0.6) is 0 Å². The first-order valence-corrected chi connectivity index (χ1v) is 7.17. The largest absolute Gasteiger partial charge is 0.323 e. The summed E-state index contributed by atoms with van der Waals surface area (Å²) in [4.78, 5) is 0. The van der Waals surface area contributed by atoms with Crippen molar-refractivity contribution in [2.24, 2.45) is 5.73 Å². The molecule has 0 saturated heterocycles. The molecule has 0 amide bonds. The molecule has 1 aliphatic rings. The Balaban J connectivity index is 1.99. The fraction of sp³-hybridized carbons (Fsp3) is 0.294. The van der Waals surface area contributed by atoms with Gasteiger partial charge in [-0.1, -0.05) is 60.5 Å². The van der Waals surface area contributed by atoms with Gasteiger partial charge >= 0.3 is 0 Å². The molecule has 0 spiro atoms. The van der Waals surface area contributed by atoms with Crippen molar-refractivity contribution >= 4 is 11.6 Å². The lowest BCUT2D eigenvalue weighted by molar-refractivity contribution is 0.196. The van der Waals surface area contributed by atoms with Gasteiger partial charge in [0.15, 0.2) is 0 Å². The smallest absolute Gasteiger partial charge is 0.0409 e. The highest BCUT2D eigenvalue weighted by Gasteiger charge is 2.44. The normalized spacial score (nSPS) is 18.6. The number of nitrogens with two attached hydrogens (primary N) is 1. The van der Waals surface area contributed by atoms with Gasteiger partial charge in [0.25, 0.3) is 0 Å². The lowest BCUT2D eigenvalue weighted by atomic mass is 9.59. The van der Waals surface area contributed by atoms with E-state index in [4.69, 9.17) is 17.3 Å². The molecule has 1 saturated carbocycles. The maximum Gasteiger partial charge on any atom is 0.0409 e. The van der Waals surface area contributed by atoms with Crippen LogP contribution in [0.2, 0.25) is 5.02 Å². The summed E-state index contributed by atoms with van der Waals surface area (Å²) in [6.07, 6.45) is 3.57. The second-order valence-corrected chi connectivity index (χ2v) is 5.84. The second kappa shape index (κ2) is 4.99. The Hall–Kier alpha value is -1.31. The predicted molar refractivity (Wildman–Crippen MR) is 80.4 cm³/mol. The molecule has 1 aliphatic carbocycles. The van der Waals surface area contributed by atoms with Gasteiger partial charge in [-0.15, -0.1) is 0 Å². The summed E-state index contributed by atoms with van der Waals surface area (Å²) < 4.78 is 0. The van der Waals surface area contributed by atoms with Gasteiger partial charge in [-0.2, -0.15) is 0 Å². The molecule has 1 atom stereocenters. The maximum atomic E-state index is 6.58. The third-order valence-corrected chi connectivity index (χ3v) is 4.63. The third-order valence-electron chi connectivity index (χ3n) is 4.40. The van der Waals surface area contributed by atoms with Crippen molar-refractivity contribution in [2.75, 3.05) is 0 Å². The summed E-state index contributed by atoms with van der Waals surface area (Å²) in [5.74, 6) is 0. The standard InChI is InChI=1S/C17H18ClN/c18-15-9-4-6-13(12-15)16(19)17(10-5-11-17)14-7-2-1-3-8-14/h1-4,6-9,12,16H,5,10-11,19H2. The molecule has 1 nitrogen and oxygen atoms in total. The van der Waals surface area contributed by atoms with E-state index in [-0.39, 0.29) is 11.5 Å². The molecule has 1 fully saturated rings. The highest BCUT2D eigenvalue weighted by molar-refractivity contribution is 6.30. The van der Waals surface area contributed by atoms with E-state index in [0.717, 1.165) is 23.4 Å². The molecule has 2 aromatic carbocycles. The van der Waals surface area contributed by atoms with Gasteiger partial charge in [-0.3, -0.25) is 0 Å². The van der Waals surface area contributed by atoms with Gasteiger partial charge in [0, 0.05) is 16.5 Å². The van der Waals surface area contributed by atoms with Crippen LogP contribution < -0.4 is 5.73 Å². The Morgan fingerprint density at radius 1 is 1.00 bits per heavy atom. The van der Waals surface area contributed by atoms with Gasteiger partial charge in [0.1, 0.15) is 0 Å². The Morgan fingerprint density at radius 2 is 1.74 bits per heavy atom. The molecule has 0 aromatic heterocycles. The minimum Gasteiger partial charge on any atom is -0.323 e. The van der Waals surface area contributed by atoms with Crippen molar-refractivity contribution in [3.63, 3.8) is 0 Å². The number of hydrogen-bond acceptors (Lipinski definition) is 1. The SMILES string of the molecule is NC(c1cccc(Cl)c1)C1(c2ccccc2)CCC1. The van der Waals surface area contributed by atoms with Gasteiger partial charge < -0.3 is 5.73 Å². The van der Waals surface area contributed by atoms with Crippen LogP contribution in [0.25, 0.3) is 0 Å². The van der Waals surface area contributed by atoms with Crippen molar-refractivity contribution in [3.05, 3.63) is 70.7 Å².